The predicted octanol–water partition coefficient (Wildman–Crippen LogP) is 2.72. The summed E-state index contributed by atoms with van der Waals surface area (Å²) in [5.74, 6) is 1.53. The van der Waals surface area contributed by atoms with Gasteiger partial charge in [-0.3, -0.25) is 0 Å². The minimum absolute atomic E-state index is 0.269. The maximum absolute atomic E-state index is 10.7. The Morgan fingerprint density at radius 3 is 2.35 bits per heavy atom. The van der Waals surface area contributed by atoms with Crippen molar-refractivity contribution in [1.82, 2.24) is 0 Å². The number of aliphatic hydroxyl groups is 2. The van der Waals surface area contributed by atoms with Gasteiger partial charge in [0.1, 0.15) is 0 Å². The second-order valence-electron chi connectivity index (χ2n) is 7.93. The molecule has 0 saturated heterocycles. The average molecular weight is 238 g/mol. The molecule has 0 amide bonds. The highest BCUT2D eigenvalue weighted by Gasteiger charge is 2.61. The summed E-state index contributed by atoms with van der Waals surface area (Å²) in [5, 5.41) is 20.8. The van der Waals surface area contributed by atoms with E-state index >= 15 is 0 Å². The molecule has 2 N–H and O–H groups in total. The highest BCUT2D eigenvalue weighted by atomic mass is 16.3. The molecule has 0 aromatic carbocycles. The standard InChI is InChI=1S/C15H26O2/c1-13(2)8-11-10(13)4-7-15(17)9-14(11,3)6-5-12(15)16/h10-12,16-17H,4-9H2,1-3H3/t10-,11+,12-,14+,15+/m1/s1. The summed E-state index contributed by atoms with van der Waals surface area (Å²) in [7, 11) is 0. The summed E-state index contributed by atoms with van der Waals surface area (Å²) in [6.45, 7) is 7.09. The van der Waals surface area contributed by atoms with Crippen LogP contribution in [0.2, 0.25) is 0 Å². The molecule has 0 heterocycles. The maximum Gasteiger partial charge on any atom is 0.0910 e. The van der Waals surface area contributed by atoms with Crippen molar-refractivity contribution >= 4 is 0 Å². The van der Waals surface area contributed by atoms with Gasteiger partial charge in [0.05, 0.1) is 11.7 Å². The second kappa shape index (κ2) is 3.27. The molecule has 2 bridgehead atoms. The van der Waals surface area contributed by atoms with Gasteiger partial charge in [-0.1, -0.05) is 20.8 Å². The molecule has 0 aromatic rings. The minimum atomic E-state index is -0.791. The molecular weight excluding hydrogens is 212 g/mol. The Kier molecular flexibility index (Phi) is 2.30. The van der Waals surface area contributed by atoms with E-state index in [4.69, 9.17) is 0 Å². The van der Waals surface area contributed by atoms with Crippen molar-refractivity contribution in [3.05, 3.63) is 0 Å². The number of rotatable bonds is 0. The lowest BCUT2D eigenvalue weighted by molar-refractivity contribution is -0.153. The summed E-state index contributed by atoms with van der Waals surface area (Å²) in [6.07, 6.45) is 5.41. The molecule has 3 rings (SSSR count). The number of hydrogen-bond donors (Lipinski definition) is 2. The smallest absolute Gasteiger partial charge is 0.0910 e. The predicted molar refractivity (Wildman–Crippen MR) is 67.5 cm³/mol. The van der Waals surface area contributed by atoms with Crippen molar-refractivity contribution < 1.29 is 10.2 Å². The third-order valence-electron chi connectivity index (χ3n) is 6.34. The van der Waals surface area contributed by atoms with Crippen molar-refractivity contribution in [2.45, 2.75) is 71.0 Å². The Morgan fingerprint density at radius 1 is 1.00 bits per heavy atom. The van der Waals surface area contributed by atoms with Crippen LogP contribution in [0.15, 0.2) is 0 Å². The first kappa shape index (κ1) is 12.0. The normalized spacial score (nSPS) is 56.6. The lowest BCUT2D eigenvalue weighted by atomic mass is 9.46. The fourth-order valence-corrected chi connectivity index (χ4v) is 5.19. The Balaban J connectivity index is 1.93. The Hall–Kier alpha value is -0.0800. The molecule has 0 radical (unpaired) electrons. The van der Waals surface area contributed by atoms with E-state index in [0.717, 1.165) is 43.9 Å². The first-order chi connectivity index (χ1) is 7.77. The quantitative estimate of drug-likeness (QED) is 0.681. The van der Waals surface area contributed by atoms with Gasteiger partial charge in [0.15, 0.2) is 0 Å². The lowest BCUT2D eigenvalue weighted by Crippen LogP contribution is -2.54. The molecule has 17 heavy (non-hydrogen) atoms. The van der Waals surface area contributed by atoms with E-state index in [1.807, 2.05) is 0 Å². The summed E-state index contributed by atoms with van der Waals surface area (Å²) < 4.78 is 0. The van der Waals surface area contributed by atoms with Crippen molar-refractivity contribution in [3.8, 4) is 0 Å². The van der Waals surface area contributed by atoms with Crippen LogP contribution in [0.5, 0.6) is 0 Å². The van der Waals surface area contributed by atoms with E-state index in [1.165, 1.54) is 6.42 Å². The van der Waals surface area contributed by atoms with Crippen molar-refractivity contribution in [2.24, 2.45) is 22.7 Å². The van der Waals surface area contributed by atoms with Crippen LogP contribution in [0.1, 0.15) is 59.3 Å². The number of aliphatic hydroxyl groups excluding tert-OH is 1. The summed E-state index contributed by atoms with van der Waals surface area (Å²) in [5.41, 5.74) is -0.0719. The van der Waals surface area contributed by atoms with Crippen LogP contribution in [0.3, 0.4) is 0 Å². The Bertz CT molecular complexity index is 338. The molecule has 0 aromatic heterocycles. The molecule has 5 atom stereocenters. The summed E-state index contributed by atoms with van der Waals surface area (Å²) in [6, 6.07) is 0. The van der Waals surface area contributed by atoms with Crippen LogP contribution in [0, 0.1) is 22.7 Å². The molecule has 3 saturated carbocycles. The van der Waals surface area contributed by atoms with Crippen LogP contribution in [0.4, 0.5) is 0 Å². The third-order valence-corrected chi connectivity index (χ3v) is 6.34. The molecule has 98 valence electrons. The van der Waals surface area contributed by atoms with Crippen LogP contribution < -0.4 is 0 Å². The highest BCUT2D eigenvalue weighted by molar-refractivity contribution is 5.11. The van der Waals surface area contributed by atoms with E-state index < -0.39 is 11.7 Å². The first-order valence-electron chi connectivity index (χ1n) is 7.17. The topological polar surface area (TPSA) is 40.5 Å². The van der Waals surface area contributed by atoms with Gasteiger partial charge < -0.3 is 10.2 Å². The zero-order valence-electron chi connectivity index (χ0n) is 11.4. The third kappa shape index (κ3) is 1.53. The number of hydrogen-bond acceptors (Lipinski definition) is 2. The van der Waals surface area contributed by atoms with Crippen LogP contribution in [-0.4, -0.2) is 21.9 Å². The monoisotopic (exact) mass is 238 g/mol. The molecule has 3 aliphatic rings. The maximum atomic E-state index is 10.7. The summed E-state index contributed by atoms with van der Waals surface area (Å²) in [4.78, 5) is 0. The van der Waals surface area contributed by atoms with Gasteiger partial charge in [0.2, 0.25) is 0 Å². The lowest BCUT2D eigenvalue weighted by Gasteiger charge is -2.59. The average Bonchev–Trinajstić information content (AvgIpc) is 2.28. The fraction of sp³-hybridized carbons (Fsp3) is 1.00. The molecular formula is C15H26O2. The molecule has 0 aliphatic heterocycles. The Morgan fingerprint density at radius 2 is 1.71 bits per heavy atom. The zero-order valence-corrected chi connectivity index (χ0v) is 11.4. The van der Waals surface area contributed by atoms with Gasteiger partial charge >= 0.3 is 0 Å². The first-order valence-corrected chi connectivity index (χ1v) is 7.17. The summed E-state index contributed by atoms with van der Waals surface area (Å²) >= 11 is 0. The molecule has 2 heteroatoms. The van der Waals surface area contributed by atoms with E-state index in [1.54, 1.807) is 0 Å². The molecule has 0 unspecified atom stereocenters. The van der Waals surface area contributed by atoms with Gasteiger partial charge in [-0.25, -0.2) is 0 Å². The minimum Gasteiger partial charge on any atom is -0.390 e. The zero-order chi connectivity index (χ0) is 12.5. The fourth-order valence-electron chi connectivity index (χ4n) is 5.19. The molecule has 0 spiro atoms. The van der Waals surface area contributed by atoms with Crippen molar-refractivity contribution in [2.75, 3.05) is 0 Å². The van der Waals surface area contributed by atoms with Gasteiger partial charge in [-0.05, 0) is 61.2 Å². The van der Waals surface area contributed by atoms with Gasteiger partial charge in [-0.2, -0.15) is 0 Å². The second-order valence-corrected chi connectivity index (χ2v) is 7.93. The Labute approximate surface area is 104 Å². The van der Waals surface area contributed by atoms with Gasteiger partial charge in [0.25, 0.3) is 0 Å². The van der Waals surface area contributed by atoms with Crippen LogP contribution in [0.25, 0.3) is 0 Å². The largest absolute Gasteiger partial charge is 0.390 e. The highest BCUT2D eigenvalue weighted by Crippen LogP contribution is 2.66. The van der Waals surface area contributed by atoms with Crippen molar-refractivity contribution in [3.63, 3.8) is 0 Å². The van der Waals surface area contributed by atoms with Crippen molar-refractivity contribution in [1.29, 1.82) is 0 Å². The SMILES string of the molecule is CC1(C)C[C@H]2[C@H]1CC[C@]1(O)C[C@]2(C)CC[C@H]1O. The molecule has 3 aliphatic carbocycles. The molecule has 3 fully saturated rings. The van der Waals surface area contributed by atoms with Crippen LogP contribution in [-0.2, 0) is 0 Å². The number of fused-ring (bicyclic) bond motifs is 4. The van der Waals surface area contributed by atoms with E-state index in [-0.39, 0.29) is 5.41 Å². The van der Waals surface area contributed by atoms with E-state index in [9.17, 15) is 10.2 Å². The van der Waals surface area contributed by atoms with E-state index in [0.29, 0.717) is 5.41 Å². The van der Waals surface area contributed by atoms with E-state index in [2.05, 4.69) is 20.8 Å². The van der Waals surface area contributed by atoms with Gasteiger partial charge in [-0.15, -0.1) is 0 Å². The molecule has 2 nitrogen and oxygen atoms in total. The van der Waals surface area contributed by atoms with Gasteiger partial charge in [0, 0.05) is 0 Å². The van der Waals surface area contributed by atoms with Crippen LogP contribution >= 0.6 is 0 Å².